The summed E-state index contributed by atoms with van der Waals surface area (Å²) in [6.07, 6.45) is 2.05. The predicted octanol–water partition coefficient (Wildman–Crippen LogP) is 2.60. The summed E-state index contributed by atoms with van der Waals surface area (Å²) in [7, 11) is 0. The highest BCUT2D eigenvalue weighted by molar-refractivity contribution is 5.75. The molecule has 0 spiro atoms. The van der Waals surface area contributed by atoms with Crippen molar-refractivity contribution in [2.75, 3.05) is 6.61 Å². The third kappa shape index (κ3) is 3.07. The second kappa shape index (κ2) is 5.61. The van der Waals surface area contributed by atoms with Gasteiger partial charge in [-0.15, -0.1) is 0 Å². The lowest BCUT2D eigenvalue weighted by Crippen LogP contribution is -2.21. The number of ether oxygens (including phenoxy) is 1. The number of rotatable bonds is 5. The van der Waals surface area contributed by atoms with Crippen LogP contribution in [0, 0.1) is 19.8 Å². The van der Waals surface area contributed by atoms with Crippen LogP contribution in [0.1, 0.15) is 42.1 Å². The van der Waals surface area contributed by atoms with Crippen molar-refractivity contribution in [2.24, 2.45) is 5.92 Å². The number of aliphatic carboxylic acids is 1. The minimum absolute atomic E-state index is 0.351. The number of aliphatic hydroxyl groups excluding tert-OH is 1. The van der Waals surface area contributed by atoms with Crippen molar-refractivity contribution >= 4 is 5.97 Å². The van der Waals surface area contributed by atoms with Crippen molar-refractivity contribution in [2.45, 2.75) is 39.2 Å². The van der Waals surface area contributed by atoms with Crippen LogP contribution < -0.4 is 4.74 Å². The van der Waals surface area contributed by atoms with Crippen molar-refractivity contribution in [3.05, 3.63) is 28.8 Å². The molecule has 104 valence electrons. The molecule has 0 heterocycles. The van der Waals surface area contributed by atoms with E-state index < -0.39 is 12.1 Å². The molecule has 2 N–H and O–H groups in total. The minimum Gasteiger partial charge on any atom is -0.493 e. The third-order valence-corrected chi connectivity index (χ3v) is 3.66. The van der Waals surface area contributed by atoms with Crippen LogP contribution in [0.3, 0.4) is 0 Å². The van der Waals surface area contributed by atoms with Gasteiger partial charge in [-0.1, -0.05) is 18.1 Å². The summed E-state index contributed by atoms with van der Waals surface area (Å²) in [5, 5.41) is 18.8. The first-order valence-electron chi connectivity index (χ1n) is 6.64. The highest BCUT2D eigenvalue weighted by Crippen LogP contribution is 2.33. The second-order valence-electron chi connectivity index (χ2n) is 5.35. The zero-order chi connectivity index (χ0) is 14.0. The standard InChI is InChI=1S/C15H20O4/c1-9-6-10(2)14(19-8-11-4-3-5-11)12(7-9)13(16)15(17)18/h6-7,11,13,16H,3-5,8H2,1-2H3,(H,17,18). The van der Waals surface area contributed by atoms with E-state index >= 15 is 0 Å². The van der Waals surface area contributed by atoms with Gasteiger partial charge in [0.05, 0.1) is 6.61 Å². The summed E-state index contributed by atoms with van der Waals surface area (Å²) >= 11 is 0. The van der Waals surface area contributed by atoms with Gasteiger partial charge in [0.25, 0.3) is 0 Å². The normalized spacial score (nSPS) is 16.8. The molecule has 19 heavy (non-hydrogen) atoms. The van der Waals surface area contributed by atoms with Gasteiger partial charge < -0.3 is 14.9 Å². The molecule has 1 unspecified atom stereocenters. The van der Waals surface area contributed by atoms with Crippen LogP contribution in [0.2, 0.25) is 0 Å². The highest BCUT2D eigenvalue weighted by Gasteiger charge is 2.24. The Hall–Kier alpha value is -1.55. The van der Waals surface area contributed by atoms with Crippen molar-refractivity contribution in [1.29, 1.82) is 0 Å². The van der Waals surface area contributed by atoms with Crippen LogP contribution in [0.5, 0.6) is 5.75 Å². The first kappa shape index (κ1) is 13.9. The minimum atomic E-state index is -1.53. The Morgan fingerprint density at radius 1 is 1.42 bits per heavy atom. The molecule has 0 saturated heterocycles. The first-order valence-corrected chi connectivity index (χ1v) is 6.64. The van der Waals surface area contributed by atoms with Gasteiger partial charge in [0.1, 0.15) is 5.75 Å². The van der Waals surface area contributed by atoms with Crippen molar-refractivity contribution in [3.8, 4) is 5.75 Å². The number of aryl methyl sites for hydroxylation is 2. The summed E-state index contributed by atoms with van der Waals surface area (Å²) < 4.78 is 5.77. The molecule has 0 aromatic heterocycles. The predicted molar refractivity (Wildman–Crippen MR) is 71.3 cm³/mol. The van der Waals surface area contributed by atoms with E-state index in [0.29, 0.717) is 23.8 Å². The molecular weight excluding hydrogens is 244 g/mol. The fraction of sp³-hybridized carbons (Fsp3) is 0.533. The van der Waals surface area contributed by atoms with Crippen LogP contribution >= 0.6 is 0 Å². The van der Waals surface area contributed by atoms with Gasteiger partial charge in [0, 0.05) is 5.56 Å². The fourth-order valence-corrected chi connectivity index (χ4v) is 2.38. The van der Waals surface area contributed by atoms with Crippen LogP contribution in [0.4, 0.5) is 0 Å². The van der Waals surface area contributed by atoms with Crippen LogP contribution in [0.15, 0.2) is 12.1 Å². The van der Waals surface area contributed by atoms with Crippen LogP contribution in [0.25, 0.3) is 0 Å². The van der Waals surface area contributed by atoms with Gasteiger partial charge in [-0.2, -0.15) is 0 Å². The molecule has 1 saturated carbocycles. The van der Waals surface area contributed by atoms with Gasteiger partial charge in [0.15, 0.2) is 6.10 Å². The van der Waals surface area contributed by atoms with Crippen molar-refractivity contribution in [1.82, 2.24) is 0 Å². The van der Waals surface area contributed by atoms with Gasteiger partial charge in [0.2, 0.25) is 0 Å². The largest absolute Gasteiger partial charge is 0.493 e. The average molecular weight is 264 g/mol. The number of carboxylic acids is 1. The summed E-state index contributed by atoms with van der Waals surface area (Å²) in [4.78, 5) is 11.0. The summed E-state index contributed by atoms with van der Waals surface area (Å²) in [5.41, 5.74) is 2.14. The topological polar surface area (TPSA) is 66.8 Å². The molecule has 1 aliphatic carbocycles. The van der Waals surface area contributed by atoms with Crippen molar-refractivity contribution in [3.63, 3.8) is 0 Å². The zero-order valence-corrected chi connectivity index (χ0v) is 11.3. The molecule has 0 bridgehead atoms. The van der Waals surface area contributed by atoms with E-state index in [1.54, 1.807) is 6.07 Å². The van der Waals surface area contributed by atoms with E-state index in [1.165, 1.54) is 19.3 Å². The fourth-order valence-electron chi connectivity index (χ4n) is 2.38. The Balaban J connectivity index is 2.24. The Labute approximate surface area is 113 Å². The lowest BCUT2D eigenvalue weighted by molar-refractivity contribution is -0.147. The summed E-state index contributed by atoms with van der Waals surface area (Å²) in [5.74, 6) is -0.165. The first-order chi connectivity index (χ1) is 8.99. The van der Waals surface area contributed by atoms with E-state index in [9.17, 15) is 9.90 Å². The Morgan fingerprint density at radius 2 is 2.11 bits per heavy atom. The quantitative estimate of drug-likeness (QED) is 0.857. The number of hydrogen-bond donors (Lipinski definition) is 2. The lowest BCUT2D eigenvalue weighted by Gasteiger charge is -2.26. The summed E-state index contributed by atoms with van der Waals surface area (Å²) in [6.45, 7) is 4.35. The molecule has 1 fully saturated rings. The molecule has 0 amide bonds. The molecule has 1 aromatic carbocycles. The molecule has 1 aromatic rings. The number of benzene rings is 1. The number of aliphatic hydroxyl groups is 1. The maximum atomic E-state index is 11.0. The third-order valence-electron chi connectivity index (χ3n) is 3.66. The maximum Gasteiger partial charge on any atom is 0.337 e. The number of carbonyl (C=O) groups is 1. The van der Waals surface area contributed by atoms with Crippen molar-refractivity contribution < 1.29 is 19.7 Å². The van der Waals surface area contributed by atoms with Gasteiger partial charge in [-0.3, -0.25) is 0 Å². The molecule has 0 radical (unpaired) electrons. The molecule has 4 nitrogen and oxygen atoms in total. The van der Waals surface area contributed by atoms with E-state index in [4.69, 9.17) is 9.84 Å². The summed E-state index contributed by atoms with van der Waals surface area (Å²) in [6, 6.07) is 3.62. The number of carboxylic acid groups (broad SMARTS) is 1. The van der Waals surface area contributed by atoms with E-state index in [0.717, 1.165) is 11.1 Å². The average Bonchev–Trinajstić information content (AvgIpc) is 2.27. The lowest BCUT2D eigenvalue weighted by atomic mass is 9.86. The monoisotopic (exact) mass is 264 g/mol. The second-order valence-corrected chi connectivity index (χ2v) is 5.35. The van der Waals surface area contributed by atoms with Gasteiger partial charge >= 0.3 is 5.97 Å². The molecule has 2 rings (SSSR count). The molecule has 1 atom stereocenters. The highest BCUT2D eigenvalue weighted by atomic mass is 16.5. The Morgan fingerprint density at radius 3 is 2.63 bits per heavy atom. The molecule has 4 heteroatoms. The van der Waals surface area contributed by atoms with E-state index in [2.05, 4.69) is 0 Å². The zero-order valence-electron chi connectivity index (χ0n) is 11.3. The molecule has 1 aliphatic rings. The van der Waals surface area contributed by atoms with Crippen LogP contribution in [-0.2, 0) is 4.79 Å². The Bertz CT molecular complexity index is 477. The maximum absolute atomic E-state index is 11.0. The molecule has 0 aliphatic heterocycles. The van der Waals surface area contributed by atoms with E-state index in [-0.39, 0.29) is 0 Å². The van der Waals surface area contributed by atoms with Gasteiger partial charge in [-0.25, -0.2) is 4.79 Å². The number of hydrogen-bond acceptors (Lipinski definition) is 3. The molecular formula is C15H20O4. The SMILES string of the molecule is Cc1cc(C)c(OCC2CCC2)c(C(O)C(=O)O)c1. The Kier molecular flexibility index (Phi) is 4.10. The van der Waals surface area contributed by atoms with Crippen LogP contribution in [-0.4, -0.2) is 22.8 Å². The smallest absolute Gasteiger partial charge is 0.337 e. The van der Waals surface area contributed by atoms with Gasteiger partial charge in [-0.05, 0) is 44.2 Å². The van der Waals surface area contributed by atoms with E-state index in [1.807, 2.05) is 19.9 Å².